The second kappa shape index (κ2) is 3.46. The number of hydrogen-bond donors (Lipinski definition) is 0. The third-order valence-electron chi connectivity index (χ3n) is 1.83. The van der Waals surface area contributed by atoms with Gasteiger partial charge in [-0.05, 0) is 12.2 Å². The zero-order valence-electron chi connectivity index (χ0n) is 7.55. The molecule has 0 aromatic heterocycles. The summed E-state index contributed by atoms with van der Waals surface area (Å²) in [6.07, 6.45) is 3.95. The van der Waals surface area contributed by atoms with E-state index < -0.39 is 25.8 Å². The Labute approximate surface area is 94.4 Å². The van der Waals surface area contributed by atoms with Gasteiger partial charge in [-0.1, -0.05) is 6.08 Å². The lowest BCUT2D eigenvalue weighted by atomic mass is 10.1. The van der Waals surface area contributed by atoms with Crippen molar-refractivity contribution in [1.29, 1.82) is 0 Å². The van der Waals surface area contributed by atoms with Crippen LogP contribution in [0.5, 0.6) is 0 Å². The maximum absolute atomic E-state index is 11.3. The van der Waals surface area contributed by atoms with Crippen molar-refractivity contribution >= 4 is 42.2 Å². The Morgan fingerprint density at radius 3 is 2.50 bits per heavy atom. The molecule has 0 fully saturated rings. The van der Waals surface area contributed by atoms with E-state index in [1.807, 2.05) is 0 Å². The first-order valence-corrected chi connectivity index (χ1v) is 6.30. The minimum atomic E-state index is -4.25. The molecule has 0 atom stereocenters. The van der Waals surface area contributed by atoms with E-state index in [9.17, 15) is 18.0 Å². The van der Waals surface area contributed by atoms with Crippen LogP contribution in [0, 0.1) is 0 Å². The Bertz CT molecular complexity index is 624. The molecule has 1 heterocycles. The molecule has 0 radical (unpaired) electrons. The fraction of sp³-hybridized carbons (Fsp3) is 0. The highest BCUT2D eigenvalue weighted by molar-refractivity contribution is 8.27. The molecule has 1 aliphatic heterocycles. The number of rotatable bonds is 0. The molecule has 2 rings (SSSR count). The highest BCUT2D eigenvalue weighted by atomic mass is 35.7. The van der Waals surface area contributed by atoms with Crippen molar-refractivity contribution in [1.82, 2.24) is 0 Å². The molecule has 16 heavy (non-hydrogen) atoms. The first-order chi connectivity index (χ1) is 7.39. The molecule has 0 saturated heterocycles. The Morgan fingerprint density at radius 1 is 1.19 bits per heavy atom. The van der Waals surface area contributed by atoms with Crippen molar-refractivity contribution in [3.8, 4) is 0 Å². The molecule has 0 unspecified atom stereocenters. The number of halogens is 1. The number of amides is 1. The Hall–Kier alpha value is -1.60. The molecule has 2 aliphatic rings. The van der Waals surface area contributed by atoms with Crippen LogP contribution < -0.4 is 0 Å². The van der Waals surface area contributed by atoms with Gasteiger partial charge in [0.05, 0.1) is 5.70 Å². The van der Waals surface area contributed by atoms with Crippen LogP contribution in [0.1, 0.15) is 0 Å². The van der Waals surface area contributed by atoms with Crippen molar-refractivity contribution in [3.63, 3.8) is 0 Å². The molecule has 0 spiro atoms. The number of hydrogen-bond acceptors (Lipinski definition) is 5. The van der Waals surface area contributed by atoms with E-state index in [4.69, 9.17) is 10.7 Å². The Kier molecular flexibility index (Phi) is 2.36. The Balaban J connectivity index is 2.60. The van der Waals surface area contributed by atoms with Crippen LogP contribution >= 0.6 is 10.7 Å². The second-order valence-corrected chi connectivity index (χ2v) is 5.38. The molecule has 0 N–H and O–H groups in total. The normalized spacial score (nSPS) is 19.9. The largest absolute Gasteiger partial charge is 0.309 e. The second-order valence-electron chi connectivity index (χ2n) is 2.90. The molecule has 0 bridgehead atoms. The van der Waals surface area contributed by atoms with E-state index in [-0.39, 0.29) is 11.4 Å². The van der Waals surface area contributed by atoms with Crippen LogP contribution in [0.15, 0.2) is 33.9 Å². The van der Waals surface area contributed by atoms with Gasteiger partial charge in [0.25, 0.3) is 9.05 Å². The standard InChI is InChI=1S/C8H3ClN2O4S/c9-16(14,15)8-7(13)11-6-4(10-8)2-1-3-5(6)12/h1-3H. The van der Waals surface area contributed by atoms with Crippen LogP contribution in [0.3, 0.4) is 0 Å². The van der Waals surface area contributed by atoms with Crippen molar-refractivity contribution in [3.05, 3.63) is 23.9 Å². The lowest BCUT2D eigenvalue weighted by molar-refractivity contribution is -0.112. The smallest absolute Gasteiger partial charge is 0.287 e. The SMILES string of the molecule is O=C1C=CC=C2N=C(S(=O)(=O)Cl)C(=O)N=C12. The predicted octanol–water partition coefficient (Wildman–Crippen LogP) is -0.0425. The zero-order valence-corrected chi connectivity index (χ0v) is 9.12. The summed E-state index contributed by atoms with van der Waals surface area (Å²) in [6, 6.07) is 0. The van der Waals surface area contributed by atoms with Crippen LogP contribution in [-0.2, 0) is 18.6 Å². The highest BCUT2D eigenvalue weighted by Gasteiger charge is 2.32. The first kappa shape index (κ1) is 10.9. The third kappa shape index (κ3) is 1.74. The van der Waals surface area contributed by atoms with Crippen LogP contribution in [0.4, 0.5) is 0 Å². The van der Waals surface area contributed by atoms with Crippen molar-refractivity contribution in [2.24, 2.45) is 9.98 Å². The first-order valence-electron chi connectivity index (χ1n) is 3.99. The highest BCUT2D eigenvalue weighted by Crippen LogP contribution is 2.17. The summed E-state index contributed by atoms with van der Waals surface area (Å²) in [4.78, 5) is 29.4. The van der Waals surface area contributed by atoms with Crippen molar-refractivity contribution in [2.75, 3.05) is 0 Å². The molecule has 0 aromatic carbocycles. The summed E-state index contributed by atoms with van der Waals surface area (Å²) in [7, 11) is 0.742. The Morgan fingerprint density at radius 2 is 1.88 bits per heavy atom. The summed E-state index contributed by atoms with van der Waals surface area (Å²) >= 11 is 0. The quantitative estimate of drug-likeness (QED) is 0.450. The fourth-order valence-electron chi connectivity index (χ4n) is 1.18. The summed E-state index contributed by atoms with van der Waals surface area (Å²) in [5.41, 5.74) is -0.150. The van der Waals surface area contributed by atoms with Crippen LogP contribution in [-0.4, -0.2) is 30.9 Å². The monoisotopic (exact) mass is 258 g/mol. The number of fused-ring (bicyclic) bond motifs is 1. The van der Waals surface area contributed by atoms with Gasteiger partial charge in [0.2, 0.25) is 10.8 Å². The van der Waals surface area contributed by atoms with E-state index in [0.717, 1.165) is 0 Å². The average Bonchev–Trinajstić information content (AvgIpc) is 2.17. The number of aliphatic imine (C=N–C) groups is 2. The van der Waals surface area contributed by atoms with Gasteiger partial charge in [-0.25, -0.2) is 18.4 Å². The van der Waals surface area contributed by atoms with Gasteiger partial charge >= 0.3 is 5.91 Å². The molecule has 1 amide bonds. The molecule has 0 saturated carbocycles. The van der Waals surface area contributed by atoms with Crippen molar-refractivity contribution < 1.29 is 18.0 Å². The van der Waals surface area contributed by atoms with E-state index in [0.29, 0.717) is 0 Å². The predicted molar refractivity (Wildman–Crippen MR) is 56.9 cm³/mol. The van der Waals surface area contributed by atoms with Gasteiger partial charge in [0.1, 0.15) is 5.71 Å². The van der Waals surface area contributed by atoms with Gasteiger partial charge in [0.15, 0.2) is 0 Å². The summed E-state index contributed by atoms with van der Waals surface area (Å²) in [6.45, 7) is 0. The molecular formula is C8H3ClN2O4S. The molecule has 1 aliphatic carbocycles. The minimum absolute atomic E-state index is 0.0197. The number of carbonyl (C=O) groups excluding carboxylic acids is 2. The van der Waals surface area contributed by atoms with Gasteiger partial charge in [0, 0.05) is 10.7 Å². The van der Waals surface area contributed by atoms with E-state index in [2.05, 4.69) is 9.98 Å². The number of nitrogens with zero attached hydrogens (tertiary/aromatic N) is 2. The third-order valence-corrected chi connectivity index (χ3v) is 2.99. The van der Waals surface area contributed by atoms with Gasteiger partial charge in [-0.15, -0.1) is 0 Å². The summed E-state index contributed by atoms with van der Waals surface area (Å²) < 4.78 is 21.9. The molecule has 6 nitrogen and oxygen atoms in total. The fourth-order valence-corrected chi connectivity index (χ4v) is 1.94. The average molecular weight is 259 g/mol. The van der Waals surface area contributed by atoms with E-state index >= 15 is 0 Å². The lowest BCUT2D eigenvalue weighted by Crippen LogP contribution is -2.29. The van der Waals surface area contributed by atoms with E-state index in [1.165, 1.54) is 18.2 Å². The number of ketones is 1. The topological polar surface area (TPSA) is 93.0 Å². The minimum Gasteiger partial charge on any atom is -0.287 e. The molecular weight excluding hydrogens is 256 g/mol. The number of allylic oxidation sites excluding steroid dienone is 4. The maximum Gasteiger partial charge on any atom is 0.309 e. The van der Waals surface area contributed by atoms with E-state index in [1.54, 1.807) is 0 Å². The maximum atomic E-state index is 11.3. The van der Waals surface area contributed by atoms with Gasteiger partial charge in [-0.2, -0.15) is 0 Å². The molecule has 82 valence electrons. The summed E-state index contributed by atoms with van der Waals surface area (Å²) in [5.74, 6) is -1.63. The summed E-state index contributed by atoms with van der Waals surface area (Å²) in [5, 5.41) is -0.868. The van der Waals surface area contributed by atoms with Crippen molar-refractivity contribution in [2.45, 2.75) is 0 Å². The molecule has 0 aromatic rings. The van der Waals surface area contributed by atoms with Gasteiger partial charge < -0.3 is 0 Å². The molecule has 8 heteroatoms. The van der Waals surface area contributed by atoms with Gasteiger partial charge in [-0.3, -0.25) is 9.59 Å². The zero-order chi connectivity index (χ0) is 11.9. The lowest BCUT2D eigenvalue weighted by Gasteiger charge is -2.11. The van der Waals surface area contributed by atoms with Crippen LogP contribution in [0.25, 0.3) is 0 Å². The van der Waals surface area contributed by atoms with Crippen LogP contribution in [0.2, 0.25) is 0 Å². The number of carbonyl (C=O) groups is 2.